The number of hydrogen-bond acceptors (Lipinski definition) is 5. The van der Waals surface area contributed by atoms with Crippen molar-refractivity contribution in [3.8, 4) is 11.5 Å². The van der Waals surface area contributed by atoms with Crippen molar-refractivity contribution in [1.82, 2.24) is 4.90 Å². The number of ether oxygens (including phenoxy) is 2. The number of carbonyl (C=O) groups is 2. The zero-order chi connectivity index (χ0) is 22.7. The van der Waals surface area contributed by atoms with Crippen LogP contribution in [0.4, 0.5) is 0 Å². The van der Waals surface area contributed by atoms with E-state index in [4.69, 9.17) is 21.1 Å². The van der Waals surface area contributed by atoms with Crippen LogP contribution >= 0.6 is 11.6 Å². The van der Waals surface area contributed by atoms with Crippen molar-refractivity contribution in [2.75, 3.05) is 13.7 Å². The molecule has 1 heterocycles. The van der Waals surface area contributed by atoms with Crippen LogP contribution in [0.25, 0.3) is 5.76 Å². The van der Waals surface area contributed by atoms with Crippen molar-refractivity contribution < 1.29 is 24.2 Å². The Morgan fingerprint density at radius 3 is 2.58 bits per heavy atom. The van der Waals surface area contributed by atoms with Gasteiger partial charge in [-0.15, -0.1) is 0 Å². The maximum atomic E-state index is 13.0. The number of aliphatic hydroxyl groups is 1. The molecule has 1 amide bonds. The minimum atomic E-state index is -0.725. The second-order valence-corrected chi connectivity index (χ2v) is 7.99. The molecule has 2 aromatic rings. The fraction of sp³-hybridized carbons (Fsp3) is 0.333. The predicted octanol–water partition coefficient (Wildman–Crippen LogP) is 4.97. The van der Waals surface area contributed by atoms with Gasteiger partial charge in [0.2, 0.25) is 0 Å². The van der Waals surface area contributed by atoms with Gasteiger partial charge in [0.05, 0.1) is 29.9 Å². The summed E-state index contributed by atoms with van der Waals surface area (Å²) < 4.78 is 11.0. The first-order valence-corrected chi connectivity index (χ1v) is 10.5. The van der Waals surface area contributed by atoms with Crippen LogP contribution in [-0.2, 0) is 9.59 Å². The fourth-order valence-corrected chi connectivity index (χ4v) is 3.89. The third-order valence-corrected chi connectivity index (χ3v) is 5.29. The Hall–Kier alpha value is -2.99. The maximum Gasteiger partial charge on any atom is 0.295 e. The van der Waals surface area contributed by atoms with E-state index in [1.807, 2.05) is 39.0 Å². The monoisotopic (exact) mass is 443 g/mol. The largest absolute Gasteiger partial charge is 0.507 e. The van der Waals surface area contributed by atoms with Gasteiger partial charge in [-0.1, -0.05) is 30.7 Å². The van der Waals surface area contributed by atoms with Gasteiger partial charge in [0, 0.05) is 12.1 Å². The number of Topliss-reactive ketones (excluding diaryl/α,β-unsaturated/α-hetero) is 1. The molecule has 7 heteroatoms. The van der Waals surface area contributed by atoms with E-state index in [1.165, 1.54) is 12.0 Å². The highest BCUT2D eigenvalue weighted by Gasteiger charge is 2.45. The lowest BCUT2D eigenvalue weighted by Gasteiger charge is -2.25. The molecule has 0 aliphatic carbocycles. The van der Waals surface area contributed by atoms with Gasteiger partial charge >= 0.3 is 0 Å². The lowest BCUT2D eigenvalue weighted by molar-refractivity contribution is -0.139. The number of rotatable bonds is 7. The van der Waals surface area contributed by atoms with E-state index in [-0.39, 0.29) is 17.4 Å². The summed E-state index contributed by atoms with van der Waals surface area (Å²) in [6, 6.07) is 11.2. The third-order valence-electron chi connectivity index (χ3n) is 4.97. The van der Waals surface area contributed by atoms with Crippen molar-refractivity contribution in [2.24, 2.45) is 0 Å². The molecule has 0 aromatic heterocycles. The third kappa shape index (κ3) is 4.54. The molecule has 31 heavy (non-hydrogen) atoms. The first-order valence-electron chi connectivity index (χ1n) is 10.2. The van der Waals surface area contributed by atoms with Crippen molar-refractivity contribution in [2.45, 2.75) is 39.3 Å². The summed E-state index contributed by atoms with van der Waals surface area (Å²) in [6.07, 6.45) is 0.638. The summed E-state index contributed by atoms with van der Waals surface area (Å²) in [5.74, 6) is -0.642. The maximum absolute atomic E-state index is 13.0. The average molecular weight is 444 g/mol. The number of hydrogen-bond donors (Lipinski definition) is 1. The van der Waals surface area contributed by atoms with Gasteiger partial charge in [-0.25, -0.2) is 0 Å². The second kappa shape index (κ2) is 9.43. The van der Waals surface area contributed by atoms with E-state index < -0.39 is 17.7 Å². The van der Waals surface area contributed by atoms with E-state index in [0.29, 0.717) is 40.6 Å². The van der Waals surface area contributed by atoms with Crippen LogP contribution in [0.2, 0.25) is 5.02 Å². The Morgan fingerprint density at radius 1 is 1.19 bits per heavy atom. The summed E-state index contributed by atoms with van der Waals surface area (Å²) in [6.45, 7) is 6.15. The Morgan fingerprint density at radius 2 is 1.94 bits per heavy atom. The van der Waals surface area contributed by atoms with Gasteiger partial charge in [0.15, 0.2) is 0 Å². The van der Waals surface area contributed by atoms with E-state index in [9.17, 15) is 14.7 Å². The number of carbonyl (C=O) groups excluding carboxylic acids is 2. The number of aliphatic hydroxyl groups excluding tert-OH is 1. The fourth-order valence-electron chi connectivity index (χ4n) is 3.69. The highest BCUT2D eigenvalue weighted by molar-refractivity contribution is 6.46. The summed E-state index contributed by atoms with van der Waals surface area (Å²) in [5.41, 5.74) is 1.06. The number of nitrogens with zero attached hydrogens (tertiary/aromatic N) is 1. The van der Waals surface area contributed by atoms with E-state index in [0.717, 1.165) is 0 Å². The number of amides is 1. The highest BCUT2D eigenvalue weighted by Crippen LogP contribution is 2.41. The van der Waals surface area contributed by atoms with Gasteiger partial charge in [0.25, 0.3) is 11.7 Å². The Bertz CT molecular complexity index is 1030. The van der Waals surface area contributed by atoms with Crippen molar-refractivity contribution >= 4 is 29.1 Å². The molecule has 0 bridgehead atoms. The zero-order valence-electron chi connectivity index (χ0n) is 18.0. The van der Waals surface area contributed by atoms with E-state index in [2.05, 4.69) is 0 Å². The molecule has 1 fully saturated rings. The van der Waals surface area contributed by atoms with Gasteiger partial charge < -0.3 is 19.5 Å². The number of methoxy groups -OCH3 is 1. The molecule has 6 nitrogen and oxygen atoms in total. The molecule has 0 radical (unpaired) electrons. The highest BCUT2D eigenvalue weighted by atomic mass is 35.5. The summed E-state index contributed by atoms with van der Waals surface area (Å²) in [5, 5.41) is 11.5. The SMILES string of the molecule is CCCN1C(=O)C(=O)/C(=C(\O)c2ccc(Cl)c(OC)c2)C1c1cccc(OC(C)C)c1. The molecule has 3 rings (SSSR count). The zero-order valence-corrected chi connectivity index (χ0v) is 18.8. The molecule has 1 N–H and O–H groups in total. The molecule has 2 aromatic carbocycles. The number of halogens is 1. The van der Waals surface area contributed by atoms with Crippen LogP contribution in [-0.4, -0.2) is 41.5 Å². The van der Waals surface area contributed by atoms with Crippen LogP contribution in [0.15, 0.2) is 48.0 Å². The lowest BCUT2D eigenvalue weighted by atomic mass is 9.95. The van der Waals surface area contributed by atoms with Gasteiger partial charge in [-0.3, -0.25) is 9.59 Å². The van der Waals surface area contributed by atoms with Gasteiger partial charge in [-0.05, 0) is 56.2 Å². The summed E-state index contributed by atoms with van der Waals surface area (Å²) in [7, 11) is 1.46. The van der Waals surface area contributed by atoms with Crippen LogP contribution in [0.5, 0.6) is 11.5 Å². The Labute approximate surface area is 187 Å². The van der Waals surface area contributed by atoms with E-state index >= 15 is 0 Å². The van der Waals surface area contributed by atoms with Crippen LogP contribution in [0.1, 0.15) is 44.4 Å². The predicted molar refractivity (Wildman–Crippen MR) is 120 cm³/mol. The molecule has 1 aliphatic rings. The quantitative estimate of drug-likeness (QED) is 0.371. The molecule has 164 valence electrons. The molecular weight excluding hydrogens is 418 g/mol. The minimum absolute atomic E-state index is 0.0289. The molecule has 0 saturated carbocycles. The van der Waals surface area contributed by atoms with Crippen molar-refractivity contribution in [3.05, 3.63) is 64.2 Å². The Kier molecular flexibility index (Phi) is 6.91. The normalized spacial score (nSPS) is 18.0. The average Bonchev–Trinajstić information content (AvgIpc) is 2.98. The number of likely N-dealkylation sites (tertiary alicyclic amines) is 1. The first kappa shape index (κ1) is 22.7. The Balaban J connectivity index is 2.18. The summed E-state index contributed by atoms with van der Waals surface area (Å²) >= 11 is 6.09. The summed E-state index contributed by atoms with van der Waals surface area (Å²) in [4.78, 5) is 27.3. The van der Waals surface area contributed by atoms with Crippen molar-refractivity contribution in [3.63, 3.8) is 0 Å². The number of benzene rings is 2. The second-order valence-electron chi connectivity index (χ2n) is 7.58. The molecule has 1 aliphatic heterocycles. The van der Waals surface area contributed by atoms with Crippen LogP contribution in [0.3, 0.4) is 0 Å². The molecule has 0 spiro atoms. The van der Waals surface area contributed by atoms with Crippen LogP contribution < -0.4 is 9.47 Å². The lowest BCUT2D eigenvalue weighted by Crippen LogP contribution is -2.30. The van der Waals surface area contributed by atoms with Crippen LogP contribution in [0, 0.1) is 0 Å². The molecule has 1 unspecified atom stereocenters. The van der Waals surface area contributed by atoms with Crippen molar-refractivity contribution in [1.29, 1.82) is 0 Å². The molecular formula is C24H26ClNO5. The van der Waals surface area contributed by atoms with Gasteiger partial charge in [0.1, 0.15) is 17.3 Å². The number of ketones is 1. The van der Waals surface area contributed by atoms with E-state index in [1.54, 1.807) is 24.3 Å². The first-order chi connectivity index (χ1) is 14.8. The topological polar surface area (TPSA) is 76.1 Å². The smallest absolute Gasteiger partial charge is 0.295 e. The minimum Gasteiger partial charge on any atom is -0.507 e. The molecule has 1 saturated heterocycles. The molecule has 1 atom stereocenters. The standard InChI is InChI=1S/C24H26ClNO5/c1-5-11-26-21(15-7-6-8-17(12-15)31-14(2)3)20(23(28)24(26)29)22(27)16-9-10-18(25)19(13-16)30-4/h6-10,12-14,21,27H,5,11H2,1-4H3/b22-20-. The van der Waals surface area contributed by atoms with Gasteiger partial charge in [-0.2, -0.15) is 0 Å².